The van der Waals surface area contributed by atoms with Gasteiger partial charge in [0.05, 0.1) is 5.69 Å². The Kier molecular flexibility index (Phi) is 2.26. The highest BCUT2D eigenvalue weighted by molar-refractivity contribution is 5.86. The molecular weight excluding hydrogens is 238 g/mol. The molecule has 5 heteroatoms. The van der Waals surface area contributed by atoms with E-state index >= 15 is 0 Å². The topological polar surface area (TPSA) is 52.0 Å². The molecule has 0 amide bonds. The van der Waals surface area contributed by atoms with Crippen molar-refractivity contribution >= 4 is 16.8 Å². The molecule has 3 rings (SSSR count). The second-order valence-electron chi connectivity index (χ2n) is 3.87. The summed E-state index contributed by atoms with van der Waals surface area (Å²) in [5, 5.41) is 0. The van der Waals surface area contributed by atoms with Gasteiger partial charge in [0, 0.05) is 17.7 Å². The maximum atomic E-state index is 13.2. The molecule has 90 valence electrons. The number of nitrogen functional groups attached to an aromatic ring is 1. The lowest BCUT2D eigenvalue weighted by Crippen LogP contribution is -1.86. The summed E-state index contributed by atoms with van der Waals surface area (Å²) in [4.78, 5) is 4.09. The molecule has 2 N–H and O–H groups in total. The van der Waals surface area contributed by atoms with Crippen LogP contribution in [0.25, 0.3) is 22.6 Å². The van der Waals surface area contributed by atoms with Crippen molar-refractivity contribution in [3.63, 3.8) is 0 Å². The van der Waals surface area contributed by atoms with Crippen molar-refractivity contribution in [3.05, 3.63) is 48.0 Å². The van der Waals surface area contributed by atoms with E-state index in [9.17, 15) is 8.78 Å². The van der Waals surface area contributed by atoms with Crippen LogP contribution in [0.3, 0.4) is 0 Å². The van der Waals surface area contributed by atoms with Gasteiger partial charge in [-0.05, 0) is 18.2 Å². The van der Waals surface area contributed by atoms with Crippen LogP contribution in [-0.2, 0) is 0 Å². The van der Waals surface area contributed by atoms with Crippen molar-refractivity contribution in [1.82, 2.24) is 4.98 Å². The number of fused-ring (bicyclic) bond motifs is 1. The molecule has 0 bridgehead atoms. The third-order valence-corrected chi connectivity index (χ3v) is 2.56. The van der Waals surface area contributed by atoms with E-state index in [1.54, 1.807) is 12.1 Å². The lowest BCUT2D eigenvalue weighted by atomic mass is 10.2. The van der Waals surface area contributed by atoms with Crippen LogP contribution in [0.2, 0.25) is 0 Å². The molecule has 1 heterocycles. The predicted molar refractivity (Wildman–Crippen MR) is 63.8 cm³/mol. The number of rotatable bonds is 1. The van der Waals surface area contributed by atoms with Crippen LogP contribution in [-0.4, -0.2) is 4.98 Å². The largest absolute Gasteiger partial charge is 0.434 e. The maximum absolute atomic E-state index is 13.2. The summed E-state index contributed by atoms with van der Waals surface area (Å²) < 4.78 is 31.7. The molecule has 0 aliphatic rings. The number of halogens is 2. The Labute approximate surface area is 101 Å². The van der Waals surface area contributed by atoms with Crippen LogP contribution in [0.5, 0.6) is 0 Å². The normalized spacial score (nSPS) is 11.0. The lowest BCUT2D eigenvalue weighted by Gasteiger charge is -1.94. The quantitative estimate of drug-likeness (QED) is 0.670. The van der Waals surface area contributed by atoms with Crippen molar-refractivity contribution in [2.45, 2.75) is 0 Å². The number of aromatic nitrogens is 1. The summed E-state index contributed by atoms with van der Waals surface area (Å²) >= 11 is 0. The van der Waals surface area contributed by atoms with E-state index in [0.29, 0.717) is 16.7 Å². The van der Waals surface area contributed by atoms with E-state index in [2.05, 4.69) is 4.98 Å². The molecule has 1 aromatic heterocycles. The number of benzene rings is 2. The van der Waals surface area contributed by atoms with Gasteiger partial charge in [0.1, 0.15) is 17.2 Å². The number of nitrogens with zero attached hydrogens (tertiary/aromatic N) is 1. The minimum atomic E-state index is -0.487. The van der Waals surface area contributed by atoms with Gasteiger partial charge in [-0.15, -0.1) is 0 Å². The minimum absolute atomic E-state index is 0.167. The van der Waals surface area contributed by atoms with Gasteiger partial charge < -0.3 is 10.2 Å². The van der Waals surface area contributed by atoms with E-state index < -0.39 is 11.6 Å². The fourth-order valence-corrected chi connectivity index (χ4v) is 1.77. The summed E-state index contributed by atoms with van der Waals surface area (Å²) in [5.41, 5.74) is 6.89. The monoisotopic (exact) mass is 246 g/mol. The number of nitrogens with two attached hydrogens (primary N) is 1. The van der Waals surface area contributed by atoms with Crippen LogP contribution in [0.1, 0.15) is 0 Å². The SMILES string of the molecule is Nc1cc(F)cc2nc(-c3cccc(F)c3)oc12. The molecule has 0 saturated carbocycles. The third-order valence-electron chi connectivity index (χ3n) is 2.56. The van der Waals surface area contributed by atoms with Gasteiger partial charge in [-0.1, -0.05) is 6.07 Å². The van der Waals surface area contributed by atoms with Crippen molar-refractivity contribution in [2.75, 3.05) is 5.73 Å². The van der Waals surface area contributed by atoms with Gasteiger partial charge in [0.15, 0.2) is 5.58 Å². The van der Waals surface area contributed by atoms with E-state index in [1.807, 2.05) is 0 Å². The lowest BCUT2D eigenvalue weighted by molar-refractivity contribution is 0.610. The second-order valence-corrected chi connectivity index (χ2v) is 3.87. The van der Waals surface area contributed by atoms with Gasteiger partial charge in [-0.2, -0.15) is 0 Å². The summed E-state index contributed by atoms with van der Waals surface area (Å²) in [6.45, 7) is 0. The molecule has 0 atom stereocenters. The molecule has 0 aliphatic carbocycles. The number of oxazole rings is 1. The molecular formula is C13H8F2N2O. The third kappa shape index (κ3) is 1.69. The smallest absolute Gasteiger partial charge is 0.227 e. The molecule has 0 fully saturated rings. The molecule has 0 unspecified atom stereocenters. The number of anilines is 1. The van der Waals surface area contributed by atoms with Crippen molar-refractivity contribution < 1.29 is 13.2 Å². The molecule has 0 radical (unpaired) electrons. The Bertz CT molecular complexity index is 737. The van der Waals surface area contributed by atoms with E-state index in [0.717, 1.165) is 6.07 Å². The first-order valence-corrected chi connectivity index (χ1v) is 5.25. The molecule has 0 spiro atoms. The zero-order chi connectivity index (χ0) is 12.7. The summed E-state index contributed by atoms with van der Waals surface area (Å²) in [7, 11) is 0. The Balaban J connectivity index is 2.22. The van der Waals surface area contributed by atoms with Gasteiger partial charge in [0.2, 0.25) is 5.89 Å². The molecule has 0 aliphatic heterocycles. The van der Waals surface area contributed by atoms with Crippen LogP contribution in [0, 0.1) is 11.6 Å². The van der Waals surface area contributed by atoms with Crippen LogP contribution >= 0.6 is 0 Å². The van der Waals surface area contributed by atoms with E-state index in [4.69, 9.17) is 10.2 Å². The summed E-state index contributed by atoms with van der Waals surface area (Å²) in [5.74, 6) is -0.671. The molecule has 2 aromatic carbocycles. The number of hydrogen-bond acceptors (Lipinski definition) is 3. The van der Waals surface area contributed by atoms with Crippen LogP contribution < -0.4 is 5.73 Å². The van der Waals surface area contributed by atoms with E-state index in [-0.39, 0.29) is 11.6 Å². The standard InChI is InChI=1S/C13H8F2N2O/c14-8-3-1-2-7(4-8)13-17-11-6-9(15)5-10(16)12(11)18-13/h1-6H,16H2. The maximum Gasteiger partial charge on any atom is 0.227 e. The van der Waals surface area contributed by atoms with E-state index in [1.165, 1.54) is 18.2 Å². The predicted octanol–water partition coefficient (Wildman–Crippen LogP) is 3.36. The van der Waals surface area contributed by atoms with Gasteiger partial charge in [0.25, 0.3) is 0 Å². The zero-order valence-corrected chi connectivity index (χ0v) is 9.15. The first-order valence-electron chi connectivity index (χ1n) is 5.25. The van der Waals surface area contributed by atoms with Gasteiger partial charge in [-0.25, -0.2) is 13.8 Å². The Morgan fingerprint density at radius 2 is 1.89 bits per heavy atom. The Morgan fingerprint density at radius 3 is 2.67 bits per heavy atom. The molecule has 18 heavy (non-hydrogen) atoms. The average Bonchev–Trinajstić information content (AvgIpc) is 2.73. The Hall–Kier alpha value is -2.43. The summed E-state index contributed by atoms with van der Waals surface area (Å²) in [6.07, 6.45) is 0. The second kappa shape index (κ2) is 3.80. The molecule has 3 aromatic rings. The highest BCUT2D eigenvalue weighted by atomic mass is 19.1. The first kappa shape index (κ1) is 10.7. The Morgan fingerprint density at radius 1 is 1.06 bits per heavy atom. The molecule has 3 nitrogen and oxygen atoms in total. The first-order chi connectivity index (χ1) is 8.63. The van der Waals surface area contributed by atoms with Gasteiger partial charge >= 0.3 is 0 Å². The van der Waals surface area contributed by atoms with Crippen LogP contribution in [0.4, 0.5) is 14.5 Å². The van der Waals surface area contributed by atoms with Crippen LogP contribution in [0.15, 0.2) is 40.8 Å². The fraction of sp³-hybridized carbons (Fsp3) is 0. The van der Waals surface area contributed by atoms with Crippen molar-refractivity contribution in [1.29, 1.82) is 0 Å². The zero-order valence-electron chi connectivity index (χ0n) is 9.15. The summed E-state index contributed by atoms with van der Waals surface area (Å²) in [6, 6.07) is 8.18. The highest BCUT2D eigenvalue weighted by Crippen LogP contribution is 2.28. The van der Waals surface area contributed by atoms with Crippen molar-refractivity contribution in [2.24, 2.45) is 0 Å². The molecule has 0 saturated heterocycles. The highest BCUT2D eigenvalue weighted by Gasteiger charge is 2.12. The minimum Gasteiger partial charge on any atom is -0.434 e. The van der Waals surface area contributed by atoms with Gasteiger partial charge in [-0.3, -0.25) is 0 Å². The fourth-order valence-electron chi connectivity index (χ4n) is 1.77. The number of hydrogen-bond donors (Lipinski definition) is 1. The average molecular weight is 246 g/mol. The van der Waals surface area contributed by atoms with Crippen molar-refractivity contribution in [3.8, 4) is 11.5 Å².